The third-order valence-corrected chi connectivity index (χ3v) is 4.19. The van der Waals surface area contributed by atoms with Crippen molar-refractivity contribution in [3.8, 4) is 11.5 Å². The fourth-order valence-electron chi connectivity index (χ4n) is 2.97. The van der Waals surface area contributed by atoms with Crippen LogP contribution in [0, 0.1) is 0 Å². The van der Waals surface area contributed by atoms with Crippen molar-refractivity contribution in [1.29, 1.82) is 0 Å². The van der Waals surface area contributed by atoms with Crippen LogP contribution < -0.4 is 5.73 Å². The second-order valence-corrected chi connectivity index (χ2v) is 5.47. The van der Waals surface area contributed by atoms with Gasteiger partial charge in [0, 0.05) is 6.07 Å². The largest absolute Gasteiger partial charge is 0.508 e. The van der Waals surface area contributed by atoms with E-state index in [1.54, 1.807) is 0 Å². The molecule has 100 valence electrons. The lowest BCUT2D eigenvalue weighted by Gasteiger charge is -2.43. The Balaban J connectivity index is 2.06. The zero-order valence-electron chi connectivity index (χ0n) is 10.9. The molecular weight excluding hydrogens is 226 g/mol. The molecule has 1 aliphatic carbocycles. The molecule has 0 amide bonds. The van der Waals surface area contributed by atoms with Gasteiger partial charge >= 0.3 is 0 Å². The zero-order chi connectivity index (χ0) is 13.0. The lowest BCUT2D eigenvalue weighted by Crippen LogP contribution is -2.34. The predicted octanol–water partition coefficient (Wildman–Crippen LogP) is 3.04. The van der Waals surface area contributed by atoms with Crippen molar-refractivity contribution < 1.29 is 10.2 Å². The molecule has 0 atom stereocenters. The van der Waals surface area contributed by atoms with Crippen LogP contribution in [-0.2, 0) is 5.41 Å². The monoisotopic (exact) mass is 249 g/mol. The Kier molecular flexibility index (Phi) is 4.12. The van der Waals surface area contributed by atoms with Crippen LogP contribution >= 0.6 is 0 Å². The number of hydrogen-bond acceptors (Lipinski definition) is 3. The Morgan fingerprint density at radius 3 is 2.17 bits per heavy atom. The summed E-state index contributed by atoms with van der Waals surface area (Å²) in [6.45, 7) is 0.764. The highest BCUT2D eigenvalue weighted by atomic mass is 16.3. The van der Waals surface area contributed by atoms with Gasteiger partial charge in [0.1, 0.15) is 11.5 Å². The van der Waals surface area contributed by atoms with E-state index in [1.807, 2.05) is 12.1 Å². The maximum absolute atomic E-state index is 9.61. The third kappa shape index (κ3) is 2.78. The number of hydrogen-bond donors (Lipinski definition) is 3. The Morgan fingerprint density at radius 1 is 1.00 bits per heavy atom. The second-order valence-electron chi connectivity index (χ2n) is 5.47. The molecule has 1 aliphatic rings. The molecule has 1 aromatic carbocycles. The second kappa shape index (κ2) is 5.61. The number of phenols is 2. The molecule has 4 N–H and O–H groups in total. The van der Waals surface area contributed by atoms with Gasteiger partial charge in [0.05, 0.1) is 0 Å². The summed E-state index contributed by atoms with van der Waals surface area (Å²) < 4.78 is 0. The van der Waals surface area contributed by atoms with Crippen LogP contribution in [0.5, 0.6) is 11.5 Å². The van der Waals surface area contributed by atoms with Gasteiger partial charge in [0.15, 0.2) is 0 Å². The average Bonchev–Trinajstić information content (AvgIpc) is 2.25. The molecule has 2 rings (SSSR count). The normalized spacial score (nSPS) is 17.4. The third-order valence-electron chi connectivity index (χ3n) is 4.19. The molecule has 1 fully saturated rings. The number of benzene rings is 1. The Hall–Kier alpha value is -1.22. The molecule has 0 aliphatic heterocycles. The van der Waals surface area contributed by atoms with Crippen molar-refractivity contribution in [2.24, 2.45) is 5.73 Å². The van der Waals surface area contributed by atoms with Gasteiger partial charge in [-0.15, -0.1) is 0 Å². The molecule has 0 saturated heterocycles. The van der Waals surface area contributed by atoms with E-state index in [0.717, 1.165) is 24.9 Å². The van der Waals surface area contributed by atoms with Gasteiger partial charge in [0.25, 0.3) is 0 Å². The maximum atomic E-state index is 9.61. The summed E-state index contributed by atoms with van der Waals surface area (Å²) in [7, 11) is 0. The van der Waals surface area contributed by atoms with Crippen molar-refractivity contribution in [2.45, 2.75) is 50.4 Å². The fraction of sp³-hybridized carbons (Fsp3) is 0.600. The van der Waals surface area contributed by atoms with Crippen molar-refractivity contribution in [1.82, 2.24) is 0 Å². The molecule has 0 aromatic heterocycles. The average molecular weight is 249 g/mol. The molecule has 1 aromatic rings. The van der Waals surface area contributed by atoms with Crippen LogP contribution in [0.15, 0.2) is 18.2 Å². The van der Waals surface area contributed by atoms with E-state index >= 15 is 0 Å². The summed E-state index contributed by atoms with van der Waals surface area (Å²) >= 11 is 0. The molecule has 18 heavy (non-hydrogen) atoms. The lowest BCUT2D eigenvalue weighted by molar-refractivity contribution is 0.217. The van der Waals surface area contributed by atoms with Gasteiger partial charge in [-0.2, -0.15) is 0 Å². The number of aromatic hydroxyl groups is 2. The van der Waals surface area contributed by atoms with Gasteiger partial charge in [0.2, 0.25) is 0 Å². The molecule has 3 heteroatoms. The number of phenolic OH excluding ortho intramolecular Hbond substituents is 2. The van der Waals surface area contributed by atoms with Crippen LogP contribution in [0.4, 0.5) is 0 Å². The highest BCUT2D eigenvalue weighted by molar-refractivity contribution is 5.41. The summed E-state index contributed by atoms with van der Waals surface area (Å²) in [6.07, 6.45) is 8.14. The number of nitrogens with two attached hydrogens (primary N) is 1. The van der Waals surface area contributed by atoms with E-state index in [4.69, 9.17) is 5.73 Å². The van der Waals surface area contributed by atoms with Crippen LogP contribution in [-0.4, -0.2) is 16.8 Å². The predicted molar refractivity (Wildman–Crippen MR) is 72.8 cm³/mol. The van der Waals surface area contributed by atoms with E-state index in [1.165, 1.54) is 38.2 Å². The molecule has 0 unspecified atom stereocenters. The highest BCUT2D eigenvalue weighted by Gasteiger charge is 2.38. The highest BCUT2D eigenvalue weighted by Crippen LogP contribution is 2.48. The van der Waals surface area contributed by atoms with E-state index in [9.17, 15) is 10.2 Å². The van der Waals surface area contributed by atoms with E-state index in [0.29, 0.717) is 0 Å². The summed E-state index contributed by atoms with van der Waals surface area (Å²) in [5.74, 6) is 0.330. The van der Waals surface area contributed by atoms with Gasteiger partial charge in [-0.3, -0.25) is 0 Å². The van der Waals surface area contributed by atoms with E-state index in [-0.39, 0.29) is 16.9 Å². The van der Waals surface area contributed by atoms with Gasteiger partial charge in [-0.05, 0) is 55.3 Å². The van der Waals surface area contributed by atoms with Crippen molar-refractivity contribution >= 4 is 0 Å². The first-order chi connectivity index (χ1) is 8.66. The minimum atomic E-state index is 0.165. The quantitative estimate of drug-likeness (QED) is 0.679. The molecule has 0 spiro atoms. The molecule has 3 nitrogen and oxygen atoms in total. The molecule has 0 radical (unpaired) electrons. The Morgan fingerprint density at radius 2 is 1.67 bits per heavy atom. The minimum absolute atomic E-state index is 0.165. The van der Waals surface area contributed by atoms with Crippen molar-refractivity contribution in [2.75, 3.05) is 6.54 Å². The molecule has 0 bridgehead atoms. The Bertz CT molecular complexity index is 379. The van der Waals surface area contributed by atoms with Crippen LogP contribution in [0.3, 0.4) is 0 Å². The zero-order valence-corrected chi connectivity index (χ0v) is 10.9. The summed E-state index contributed by atoms with van der Waals surface area (Å²) in [6, 6.07) is 5.01. The number of unbranched alkanes of at least 4 members (excludes halogenated alkanes) is 2. The maximum Gasteiger partial charge on any atom is 0.119 e. The van der Waals surface area contributed by atoms with Crippen molar-refractivity contribution in [3.05, 3.63) is 23.8 Å². The standard InChI is InChI=1S/C15H23NO2/c16-8-3-1-2-5-15(6-4-7-15)12-9-13(17)11-14(18)10-12/h9-11,17-18H,1-8,16H2. The first-order valence-electron chi connectivity index (χ1n) is 6.90. The van der Waals surface area contributed by atoms with Gasteiger partial charge in [-0.25, -0.2) is 0 Å². The summed E-state index contributed by atoms with van der Waals surface area (Å²) in [4.78, 5) is 0. The van der Waals surface area contributed by atoms with Crippen molar-refractivity contribution in [3.63, 3.8) is 0 Å². The summed E-state index contributed by atoms with van der Waals surface area (Å²) in [5, 5.41) is 19.2. The number of rotatable bonds is 6. The van der Waals surface area contributed by atoms with Crippen LogP contribution in [0.25, 0.3) is 0 Å². The van der Waals surface area contributed by atoms with E-state index in [2.05, 4.69) is 0 Å². The SMILES string of the molecule is NCCCCCC1(c2cc(O)cc(O)c2)CCC1. The molecular formula is C15H23NO2. The van der Waals surface area contributed by atoms with Crippen LogP contribution in [0.2, 0.25) is 0 Å². The lowest BCUT2D eigenvalue weighted by atomic mass is 9.62. The molecule has 0 heterocycles. The first kappa shape index (κ1) is 13.2. The smallest absolute Gasteiger partial charge is 0.119 e. The van der Waals surface area contributed by atoms with Crippen LogP contribution in [0.1, 0.15) is 50.5 Å². The topological polar surface area (TPSA) is 66.5 Å². The fourth-order valence-corrected chi connectivity index (χ4v) is 2.97. The first-order valence-corrected chi connectivity index (χ1v) is 6.90. The Labute approximate surface area is 109 Å². The van der Waals surface area contributed by atoms with E-state index < -0.39 is 0 Å². The molecule has 1 saturated carbocycles. The summed E-state index contributed by atoms with van der Waals surface area (Å²) in [5.41, 5.74) is 6.79. The minimum Gasteiger partial charge on any atom is -0.508 e. The van der Waals surface area contributed by atoms with Gasteiger partial charge in [-0.1, -0.05) is 19.3 Å². The van der Waals surface area contributed by atoms with Gasteiger partial charge < -0.3 is 15.9 Å².